The van der Waals surface area contributed by atoms with Crippen molar-refractivity contribution in [3.8, 4) is 0 Å². The Hall–Kier alpha value is -0.790. The van der Waals surface area contributed by atoms with Crippen LogP contribution >= 0.6 is 0 Å². The highest BCUT2D eigenvalue weighted by Gasteiger charge is 2.49. The first-order valence-electron chi connectivity index (χ1n) is 7.32. The maximum atomic E-state index is 11.1. The van der Waals surface area contributed by atoms with Crippen molar-refractivity contribution in [2.24, 2.45) is 23.2 Å². The van der Waals surface area contributed by atoms with Gasteiger partial charge in [0.1, 0.15) is 0 Å². The molecule has 0 spiro atoms. The first-order chi connectivity index (χ1) is 8.50. The zero-order chi connectivity index (χ0) is 13.3. The van der Waals surface area contributed by atoms with Crippen molar-refractivity contribution in [2.75, 3.05) is 6.61 Å². The van der Waals surface area contributed by atoms with E-state index in [1.807, 2.05) is 0 Å². The van der Waals surface area contributed by atoms with E-state index in [1.165, 1.54) is 31.8 Å². The standard InChI is InChI=1S/C16H26O2/c1-5-16(10-18-13(4)17)8-6-7-14-11(2)9-12(3)15(14)16/h9,11,14-15H,5-8,10H2,1-4H3/t11-,14?,15?,16?/m0/s1. The number of hydrogen-bond donors (Lipinski definition) is 0. The summed E-state index contributed by atoms with van der Waals surface area (Å²) >= 11 is 0. The number of fused-ring (bicyclic) bond motifs is 1. The zero-order valence-corrected chi connectivity index (χ0v) is 12.2. The third-order valence-electron chi connectivity index (χ3n) is 5.26. The smallest absolute Gasteiger partial charge is 0.302 e. The molecule has 18 heavy (non-hydrogen) atoms. The van der Waals surface area contributed by atoms with E-state index in [9.17, 15) is 4.79 Å². The number of carbonyl (C=O) groups excluding carboxylic acids is 1. The molecule has 0 amide bonds. The fraction of sp³-hybridized carbons (Fsp3) is 0.812. The van der Waals surface area contributed by atoms with Crippen LogP contribution in [0.5, 0.6) is 0 Å². The molecule has 2 aliphatic rings. The topological polar surface area (TPSA) is 26.3 Å². The van der Waals surface area contributed by atoms with Gasteiger partial charge in [0.2, 0.25) is 0 Å². The summed E-state index contributed by atoms with van der Waals surface area (Å²) in [5.41, 5.74) is 1.72. The van der Waals surface area contributed by atoms with Gasteiger partial charge in [0, 0.05) is 12.3 Å². The van der Waals surface area contributed by atoms with E-state index < -0.39 is 0 Å². The number of ether oxygens (including phenoxy) is 1. The summed E-state index contributed by atoms with van der Waals surface area (Å²) < 4.78 is 5.40. The third kappa shape index (κ3) is 2.22. The van der Waals surface area contributed by atoms with Crippen molar-refractivity contribution in [3.05, 3.63) is 11.6 Å². The molecule has 0 heterocycles. The Balaban J connectivity index is 2.23. The molecule has 2 nitrogen and oxygen atoms in total. The Bertz CT molecular complexity index is 358. The number of esters is 1. The zero-order valence-electron chi connectivity index (χ0n) is 12.2. The van der Waals surface area contributed by atoms with Crippen molar-refractivity contribution < 1.29 is 9.53 Å². The average Bonchev–Trinajstić information content (AvgIpc) is 2.63. The van der Waals surface area contributed by atoms with Gasteiger partial charge in [-0.1, -0.05) is 31.9 Å². The Morgan fingerprint density at radius 1 is 1.56 bits per heavy atom. The lowest BCUT2D eigenvalue weighted by Crippen LogP contribution is -2.42. The molecule has 3 unspecified atom stereocenters. The van der Waals surface area contributed by atoms with Crippen LogP contribution in [0.1, 0.15) is 53.4 Å². The highest BCUT2D eigenvalue weighted by atomic mass is 16.5. The minimum Gasteiger partial charge on any atom is -0.465 e. The van der Waals surface area contributed by atoms with Crippen LogP contribution in [0.3, 0.4) is 0 Å². The van der Waals surface area contributed by atoms with Gasteiger partial charge in [0.25, 0.3) is 0 Å². The summed E-state index contributed by atoms with van der Waals surface area (Å²) in [7, 11) is 0. The molecule has 1 fully saturated rings. The predicted octanol–water partition coefficient (Wildman–Crippen LogP) is 3.96. The second-order valence-corrected chi connectivity index (χ2v) is 6.30. The molecule has 0 aromatic carbocycles. The Labute approximate surface area is 111 Å². The second-order valence-electron chi connectivity index (χ2n) is 6.30. The second kappa shape index (κ2) is 5.07. The minimum absolute atomic E-state index is 0.141. The first kappa shape index (κ1) is 13.6. The van der Waals surface area contributed by atoms with Crippen LogP contribution in [0.2, 0.25) is 0 Å². The van der Waals surface area contributed by atoms with E-state index in [0.717, 1.165) is 12.3 Å². The molecule has 0 N–H and O–H groups in total. The lowest BCUT2D eigenvalue weighted by Gasteiger charge is -2.46. The molecule has 0 saturated heterocycles. The van der Waals surface area contributed by atoms with E-state index in [0.29, 0.717) is 18.4 Å². The molecule has 4 atom stereocenters. The maximum absolute atomic E-state index is 11.1. The quantitative estimate of drug-likeness (QED) is 0.560. The number of rotatable bonds is 3. The molecule has 0 aliphatic heterocycles. The fourth-order valence-corrected chi connectivity index (χ4v) is 4.40. The van der Waals surface area contributed by atoms with Crippen LogP contribution in [0.15, 0.2) is 11.6 Å². The lowest BCUT2D eigenvalue weighted by atomic mass is 9.59. The highest BCUT2D eigenvalue weighted by Crippen LogP contribution is 2.55. The SMILES string of the molecule is CCC1(COC(C)=O)CCCC2C1C(C)=C[C@@H]2C. The van der Waals surface area contributed by atoms with Crippen molar-refractivity contribution in [3.63, 3.8) is 0 Å². The van der Waals surface area contributed by atoms with Gasteiger partial charge < -0.3 is 4.74 Å². The lowest BCUT2D eigenvalue weighted by molar-refractivity contribution is -0.147. The molecule has 0 aromatic rings. The predicted molar refractivity (Wildman–Crippen MR) is 73.1 cm³/mol. The summed E-state index contributed by atoms with van der Waals surface area (Å²) in [6.45, 7) is 8.99. The largest absolute Gasteiger partial charge is 0.465 e. The Morgan fingerprint density at radius 2 is 2.28 bits per heavy atom. The van der Waals surface area contributed by atoms with Crippen LogP contribution in [0, 0.1) is 23.2 Å². The van der Waals surface area contributed by atoms with Crippen LogP contribution < -0.4 is 0 Å². The molecule has 2 aliphatic carbocycles. The van der Waals surface area contributed by atoms with Gasteiger partial charge in [-0.2, -0.15) is 0 Å². The number of carbonyl (C=O) groups is 1. The van der Waals surface area contributed by atoms with Gasteiger partial charge in [-0.05, 0) is 43.9 Å². The summed E-state index contributed by atoms with van der Waals surface area (Å²) in [6.07, 6.45) is 7.37. The van der Waals surface area contributed by atoms with Crippen molar-refractivity contribution in [2.45, 2.75) is 53.4 Å². The van der Waals surface area contributed by atoms with Gasteiger partial charge in [-0.15, -0.1) is 0 Å². The minimum atomic E-state index is -0.141. The average molecular weight is 250 g/mol. The Kier molecular flexibility index (Phi) is 3.84. The highest BCUT2D eigenvalue weighted by molar-refractivity contribution is 5.65. The van der Waals surface area contributed by atoms with E-state index in [2.05, 4.69) is 26.8 Å². The van der Waals surface area contributed by atoms with Gasteiger partial charge in [-0.25, -0.2) is 0 Å². The first-order valence-corrected chi connectivity index (χ1v) is 7.32. The van der Waals surface area contributed by atoms with Gasteiger partial charge in [0.15, 0.2) is 0 Å². The summed E-state index contributed by atoms with van der Waals surface area (Å²) in [5, 5.41) is 0. The monoisotopic (exact) mass is 250 g/mol. The van der Waals surface area contributed by atoms with Gasteiger partial charge in [0.05, 0.1) is 6.61 Å². The van der Waals surface area contributed by atoms with Crippen LogP contribution in [0.25, 0.3) is 0 Å². The van der Waals surface area contributed by atoms with E-state index in [1.54, 1.807) is 0 Å². The maximum Gasteiger partial charge on any atom is 0.302 e. The normalized spacial score (nSPS) is 39.1. The molecule has 1 saturated carbocycles. The van der Waals surface area contributed by atoms with Crippen molar-refractivity contribution >= 4 is 5.97 Å². The van der Waals surface area contributed by atoms with Crippen LogP contribution in [-0.4, -0.2) is 12.6 Å². The Morgan fingerprint density at radius 3 is 2.89 bits per heavy atom. The van der Waals surface area contributed by atoms with Gasteiger partial charge >= 0.3 is 5.97 Å². The van der Waals surface area contributed by atoms with E-state index in [-0.39, 0.29) is 11.4 Å². The third-order valence-corrected chi connectivity index (χ3v) is 5.26. The summed E-state index contributed by atoms with van der Waals surface area (Å²) in [6, 6.07) is 0. The molecule has 0 bridgehead atoms. The number of hydrogen-bond acceptors (Lipinski definition) is 2. The van der Waals surface area contributed by atoms with E-state index in [4.69, 9.17) is 4.74 Å². The molecule has 0 radical (unpaired) electrons. The van der Waals surface area contributed by atoms with Crippen LogP contribution in [-0.2, 0) is 9.53 Å². The van der Waals surface area contributed by atoms with E-state index >= 15 is 0 Å². The van der Waals surface area contributed by atoms with Gasteiger partial charge in [-0.3, -0.25) is 4.79 Å². The molecular weight excluding hydrogens is 224 g/mol. The molecule has 0 aromatic heterocycles. The summed E-state index contributed by atoms with van der Waals surface area (Å²) in [5.74, 6) is 1.95. The summed E-state index contributed by atoms with van der Waals surface area (Å²) in [4.78, 5) is 11.1. The molecular formula is C16H26O2. The molecule has 102 valence electrons. The van der Waals surface area contributed by atoms with Crippen molar-refractivity contribution in [1.82, 2.24) is 0 Å². The molecule has 2 rings (SSSR count). The van der Waals surface area contributed by atoms with Crippen molar-refractivity contribution in [1.29, 1.82) is 0 Å². The van der Waals surface area contributed by atoms with Crippen LogP contribution in [0.4, 0.5) is 0 Å². The number of allylic oxidation sites excluding steroid dienone is 2. The molecule has 2 heteroatoms. The fourth-order valence-electron chi connectivity index (χ4n) is 4.40.